The molecule has 0 saturated carbocycles. The lowest BCUT2D eigenvalue weighted by atomic mass is 10.2. The van der Waals surface area contributed by atoms with E-state index in [2.05, 4.69) is 10.2 Å². The van der Waals surface area contributed by atoms with Crippen molar-refractivity contribution >= 4 is 5.82 Å². The summed E-state index contributed by atoms with van der Waals surface area (Å²) in [7, 11) is 2.91. The maximum absolute atomic E-state index is 12.0. The van der Waals surface area contributed by atoms with Crippen molar-refractivity contribution in [1.29, 1.82) is 5.26 Å². The van der Waals surface area contributed by atoms with Gasteiger partial charge in [0.15, 0.2) is 5.56 Å². The summed E-state index contributed by atoms with van der Waals surface area (Å²) in [6.45, 7) is 7.03. The molecule has 1 saturated heterocycles. The van der Waals surface area contributed by atoms with E-state index in [1.165, 1.54) is 11.6 Å². The van der Waals surface area contributed by atoms with Crippen LogP contribution in [0, 0.1) is 11.3 Å². The molecule has 1 fully saturated rings. The van der Waals surface area contributed by atoms with Gasteiger partial charge in [0, 0.05) is 40.3 Å². The van der Waals surface area contributed by atoms with Crippen LogP contribution in [0.1, 0.15) is 19.4 Å². The fraction of sp³-hybridized carbons (Fsp3) is 0.667. The fourth-order valence-corrected chi connectivity index (χ4v) is 2.95. The molecule has 23 heavy (non-hydrogen) atoms. The zero-order chi connectivity index (χ0) is 17.1. The molecule has 1 N–H and O–H groups in total. The molecule has 1 aliphatic heterocycles. The number of ether oxygens (including phenoxy) is 1. The highest BCUT2D eigenvalue weighted by Crippen LogP contribution is 2.11. The van der Waals surface area contributed by atoms with Gasteiger partial charge in [0.25, 0.3) is 5.56 Å². The molecule has 0 aromatic carbocycles. The van der Waals surface area contributed by atoms with Crippen LogP contribution in [0.2, 0.25) is 0 Å². The van der Waals surface area contributed by atoms with E-state index in [1.807, 2.05) is 19.9 Å². The minimum atomic E-state index is -0.577. The second kappa shape index (κ2) is 6.98. The minimum Gasteiger partial charge on any atom is -0.373 e. The predicted octanol–water partition coefficient (Wildman–Crippen LogP) is -0.523. The summed E-state index contributed by atoms with van der Waals surface area (Å²) >= 11 is 0. The van der Waals surface area contributed by atoms with Gasteiger partial charge in [0.1, 0.15) is 11.9 Å². The Bertz CT molecular complexity index is 720. The Morgan fingerprint density at radius 1 is 1.22 bits per heavy atom. The summed E-state index contributed by atoms with van der Waals surface area (Å²) < 4.78 is 7.92. The van der Waals surface area contributed by atoms with Crippen molar-refractivity contribution in [3.63, 3.8) is 0 Å². The van der Waals surface area contributed by atoms with Crippen LogP contribution in [0.15, 0.2) is 9.59 Å². The van der Waals surface area contributed by atoms with Gasteiger partial charge in [0.2, 0.25) is 0 Å². The fourth-order valence-electron chi connectivity index (χ4n) is 2.95. The quantitative estimate of drug-likeness (QED) is 0.802. The average Bonchev–Trinajstić information content (AvgIpc) is 2.49. The Labute approximate surface area is 134 Å². The molecule has 0 aliphatic carbocycles. The maximum atomic E-state index is 12.0. The van der Waals surface area contributed by atoms with Crippen molar-refractivity contribution in [2.45, 2.75) is 26.1 Å². The lowest BCUT2D eigenvalue weighted by molar-refractivity contribution is -0.0667. The third-order valence-corrected chi connectivity index (χ3v) is 3.99. The maximum Gasteiger partial charge on any atom is 0.332 e. The number of hydrogen-bond acceptors (Lipinski definition) is 6. The topological polar surface area (TPSA) is 92.3 Å². The van der Waals surface area contributed by atoms with Crippen LogP contribution in [0.3, 0.4) is 0 Å². The molecule has 8 nitrogen and oxygen atoms in total. The first kappa shape index (κ1) is 17.2. The second-order valence-corrected chi connectivity index (χ2v) is 5.98. The molecule has 1 aromatic rings. The molecule has 126 valence electrons. The molecule has 8 heteroatoms. The number of morpholine rings is 1. The van der Waals surface area contributed by atoms with E-state index in [0.29, 0.717) is 6.54 Å². The van der Waals surface area contributed by atoms with Crippen LogP contribution in [0.25, 0.3) is 0 Å². The second-order valence-electron chi connectivity index (χ2n) is 5.98. The van der Waals surface area contributed by atoms with Crippen molar-refractivity contribution < 1.29 is 4.74 Å². The van der Waals surface area contributed by atoms with Crippen molar-refractivity contribution in [1.82, 2.24) is 14.0 Å². The van der Waals surface area contributed by atoms with Crippen LogP contribution in [-0.2, 0) is 18.8 Å². The molecule has 0 spiro atoms. The Hall–Kier alpha value is -2.11. The van der Waals surface area contributed by atoms with E-state index < -0.39 is 11.2 Å². The highest BCUT2D eigenvalue weighted by atomic mass is 16.5. The van der Waals surface area contributed by atoms with E-state index >= 15 is 0 Å². The number of anilines is 1. The van der Waals surface area contributed by atoms with Gasteiger partial charge in [0.05, 0.1) is 12.2 Å². The summed E-state index contributed by atoms with van der Waals surface area (Å²) in [5.74, 6) is 0.273. The highest BCUT2D eigenvalue weighted by molar-refractivity contribution is 5.51. The SMILES string of the molecule is CC1CN(CCNc2c(C#N)c(=O)n(C)c(=O)n2C)CC(C)O1. The van der Waals surface area contributed by atoms with Crippen molar-refractivity contribution in [2.75, 3.05) is 31.5 Å². The van der Waals surface area contributed by atoms with Gasteiger partial charge >= 0.3 is 5.69 Å². The van der Waals surface area contributed by atoms with Crippen LogP contribution >= 0.6 is 0 Å². The van der Waals surface area contributed by atoms with E-state index in [0.717, 1.165) is 24.2 Å². The summed E-state index contributed by atoms with van der Waals surface area (Å²) in [6, 6.07) is 1.89. The standard InChI is InChI=1S/C15H23N5O3/c1-10-8-20(9-11(2)23-10)6-5-17-13-12(7-16)14(21)19(4)15(22)18(13)3/h10-11,17H,5-6,8-9H2,1-4H3. The Kier molecular flexibility index (Phi) is 5.23. The normalized spacial score (nSPS) is 21.9. The largest absolute Gasteiger partial charge is 0.373 e. The van der Waals surface area contributed by atoms with Crippen molar-refractivity contribution in [2.24, 2.45) is 14.1 Å². The minimum absolute atomic E-state index is 0.0432. The molecule has 0 amide bonds. The predicted molar refractivity (Wildman–Crippen MR) is 86.6 cm³/mol. The Balaban J connectivity index is 2.11. The number of hydrogen-bond donors (Lipinski definition) is 1. The van der Waals surface area contributed by atoms with E-state index in [4.69, 9.17) is 4.74 Å². The number of nitrogens with zero attached hydrogens (tertiary/aromatic N) is 4. The molecule has 0 radical (unpaired) electrons. The van der Waals surface area contributed by atoms with Crippen LogP contribution in [0.4, 0.5) is 5.82 Å². The smallest absolute Gasteiger partial charge is 0.332 e. The summed E-state index contributed by atoms with van der Waals surface area (Å²) in [4.78, 5) is 26.2. The summed E-state index contributed by atoms with van der Waals surface area (Å²) in [6.07, 6.45) is 0.364. The number of nitriles is 1. The Morgan fingerprint density at radius 2 is 1.83 bits per heavy atom. The zero-order valence-electron chi connectivity index (χ0n) is 14.0. The molecule has 2 atom stereocenters. The number of rotatable bonds is 4. The average molecular weight is 321 g/mol. The molecule has 1 aliphatic rings. The van der Waals surface area contributed by atoms with E-state index in [9.17, 15) is 14.9 Å². The number of nitrogens with one attached hydrogen (secondary N) is 1. The number of aromatic nitrogens is 2. The van der Waals surface area contributed by atoms with Gasteiger partial charge < -0.3 is 10.1 Å². The van der Waals surface area contributed by atoms with Crippen molar-refractivity contribution in [3.8, 4) is 6.07 Å². The van der Waals surface area contributed by atoms with Crippen molar-refractivity contribution in [3.05, 3.63) is 26.4 Å². The van der Waals surface area contributed by atoms with E-state index in [1.54, 1.807) is 7.05 Å². The van der Waals surface area contributed by atoms with Gasteiger partial charge in [-0.05, 0) is 13.8 Å². The highest BCUT2D eigenvalue weighted by Gasteiger charge is 2.22. The zero-order valence-corrected chi connectivity index (χ0v) is 14.0. The van der Waals surface area contributed by atoms with Gasteiger partial charge in [-0.1, -0.05) is 0 Å². The molecule has 2 unspecified atom stereocenters. The molecule has 0 bridgehead atoms. The van der Waals surface area contributed by atoms with Gasteiger partial charge in [-0.25, -0.2) is 4.79 Å². The van der Waals surface area contributed by atoms with E-state index in [-0.39, 0.29) is 23.6 Å². The lowest BCUT2D eigenvalue weighted by Gasteiger charge is -2.35. The molecular formula is C15H23N5O3. The molecular weight excluding hydrogens is 298 g/mol. The molecule has 2 heterocycles. The first-order valence-corrected chi connectivity index (χ1v) is 7.67. The third-order valence-electron chi connectivity index (χ3n) is 3.99. The van der Waals surface area contributed by atoms with Gasteiger partial charge in [-0.15, -0.1) is 0 Å². The van der Waals surface area contributed by atoms with Crippen LogP contribution in [-0.4, -0.2) is 52.4 Å². The first-order chi connectivity index (χ1) is 10.8. The summed E-state index contributed by atoms with van der Waals surface area (Å²) in [5.41, 5.74) is -1.07. The molecule has 1 aromatic heterocycles. The molecule has 2 rings (SSSR count). The van der Waals surface area contributed by atoms with Crippen LogP contribution < -0.4 is 16.6 Å². The third kappa shape index (κ3) is 3.63. The lowest BCUT2D eigenvalue weighted by Crippen LogP contribution is -2.47. The monoisotopic (exact) mass is 321 g/mol. The van der Waals surface area contributed by atoms with Gasteiger partial charge in [-0.2, -0.15) is 5.26 Å². The van der Waals surface area contributed by atoms with Gasteiger partial charge in [-0.3, -0.25) is 18.8 Å². The Morgan fingerprint density at radius 3 is 2.39 bits per heavy atom. The van der Waals surface area contributed by atoms with Crippen LogP contribution in [0.5, 0.6) is 0 Å². The first-order valence-electron chi connectivity index (χ1n) is 7.67. The summed E-state index contributed by atoms with van der Waals surface area (Å²) in [5, 5.41) is 12.3.